The molecule has 0 aromatic heterocycles. The number of hydrogen-bond acceptors (Lipinski definition) is 14. The van der Waals surface area contributed by atoms with E-state index in [9.17, 15) is 58.6 Å². The molecular weight excluding hydrogens is 922 g/mol. The van der Waals surface area contributed by atoms with Gasteiger partial charge in [-0.05, 0) is 83.1 Å². The Hall–Kier alpha value is -3.41. The number of aliphatic hydroxyl groups excluding tert-OH is 4. The summed E-state index contributed by atoms with van der Waals surface area (Å²) in [6.07, 6.45) is 30.7. The van der Waals surface area contributed by atoms with Crippen LogP contribution < -0.4 is 0 Å². The minimum atomic E-state index is -5.39. The first-order valence-corrected chi connectivity index (χ1v) is 26.8. The fourth-order valence-electron chi connectivity index (χ4n) is 6.38. The molecule has 0 amide bonds. The molecule has 8 atom stereocenters. The van der Waals surface area contributed by atoms with Gasteiger partial charge in [-0.15, -0.1) is 0 Å². The molecule has 0 aromatic carbocycles. The van der Waals surface area contributed by atoms with Gasteiger partial charge in [-0.3, -0.25) is 28.0 Å². The van der Waals surface area contributed by atoms with Gasteiger partial charge in [0.05, 0.1) is 6.61 Å². The first-order chi connectivity index (χ1) is 32.5. The minimum Gasteiger partial charge on any atom is -0.462 e. The summed E-state index contributed by atoms with van der Waals surface area (Å²) in [6, 6.07) is 0. The van der Waals surface area contributed by atoms with Crippen molar-refractivity contribution in [1.29, 1.82) is 0 Å². The molecule has 0 heterocycles. The minimum absolute atomic E-state index is 0.0155. The fraction of sp³-hybridized carbons (Fsp3) is 0.612. The first-order valence-electron chi connectivity index (χ1n) is 23.7. The molecule has 1 fully saturated rings. The Balaban J connectivity index is 2.70. The number of rotatable bonds is 38. The van der Waals surface area contributed by atoms with Gasteiger partial charge < -0.3 is 44.6 Å². The second-order valence-electron chi connectivity index (χ2n) is 16.2. The van der Waals surface area contributed by atoms with Crippen LogP contribution in [0.4, 0.5) is 0 Å². The molecule has 19 heteroatoms. The van der Waals surface area contributed by atoms with E-state index in [2.05, 4.69) is 54.8 Å². The van der Waals surface area contributed by atoms with Gasteiger partial charge in [-0.1, -0.05) is 131 Å². The van der Waals surface area contributed by atoms with E-state index in [0.29, 0.717) is 44.9 Å². The summed E-state index contributed by atoms with van der Waals surface area (Å²) in [5.74, 6) is -1.26. The summed E-state index contributed by atoms with van der Waals surface area (Å²) < 4.78 is 49.2. The van der Waals surface area contributed by atoms with Gasteiger partial charge in [0.1, 0.15) is 43.2 Å². The number of ether oxygens (including phenoxy) is 2. The van der Waals surface area contributed by atoms with Crippen LogP contribution in [0, 0.1) is 0 Å². The van der Waals surface area contributed by atoms with E-state index in [1.54, 1.807) is 12.2 Å². The molecule has 0 saturated heterocycles. The van der Waals surface area contributed by atoms with Gasteiger partial charge in [0.15, 0.2) is 11.9 Å². The van der Waals surface area contributed by atoms with Crippen LogP contribution in [0.25, 0.3) is 0 Å². The van der Waals surface area contributed by atoms with Crippen molar-refractivity contribution in [3.63, 3.8) is 0 Å². The molecule has 0 spiro atoms. The SMILES string of the molecule is CCCCC/C=C\C/C=C\C/C=C\C/C=C\CCCC(=O)OC[C@H](COP(=O)(O)O[C@H]1C(O)C(O)C(O)[C@@H](OP(=O)(O)O)C1O)OC(=O)CCC/C=C\C/C=C\C/C=C\C=C\C(=O)CCCCC. The summed E-state index contributed by atoms with van der Waals surface area (Å²) in [7, 11) is -10.7. The van der Waals surface area contributed by atoms with E-state index in [4.69, 9.17) is 18.5 Å². The lowest BCUT2D eigenvalue weighted by Gasteiger charge is -2.43. The Labute approximate surface area is 402 Å². The Morgan fingerprint density at radius 1 is 0.515 bits per heavy atom. The van der Waals surface area contributed by atoms with Crippen molar-refractivity contribution < 1.29 is 81.7 Å². The molecule has 1 aliphatic carbocycles. The monoisotopic (exact) mass is 1000 g/mol. The van der Waals surface area contributed by atoms with E-state index in [-0.39, 0.29) is 18.6 Å². The number of carbonyl (C=O) groups excluding carboxylic acids is 3. The van der Waals surface area contributed by atoms with E-state index in [1.807, 2.05) is 48.6 Å². The van der Waals surface area contributed by atoms with Gasteiger partial charge in [-0.2, -0.15) is 0 Å². The molecule has 0 aromatic rings. The van der Waals surface area contributed by atoms with Crippen molar-refractivity contribution in [1.82, 2.24) is 0 Å². The van der Waals surface area contributed by atoms with Crippen molar-refractivity contribution in [3.05, 3.63) is 97.2 Å². The van der Waals surface area contributed by atoms with E-state index in [1.165, 1.54) is 19.3 Å². The van der Waals surface area contributed by atoms with Crippen molar-refractivity contribution in [2.24, 2.45) is 0 Å². The molecule has 386 valence electrons. The molecule has 1 aliphatic rings. The van der Waals surface area contributed by atoms with Gasteiger partial charge >= 0.3 is 27.6 Å². The first kappa shape index (κ1) is 62.6. The van der Waals surface area contributed by atoms with Crippen LogP contribution in [-0.2, 0) is 46.6 Å². The Kier molecular flexibility index (Phi) is 35.3. The highest BCUT2D eigenvalue weighted by molar-refractivity contribution is 7.47. The second kappa shape index (κ2) is 38.4. The summed E-state index contributed by atoms with van der Waals surface area (Å²) in [5, 5.41) is 41.2. The second-order valence-corrected chi connectivity index (χ2v) is 18.7. The van der Waals surface area contributed by atoms with Gasteiger partial charge in [-0.25, -0.2) is 9.13 Å². The summed E-state index contributed by atoms with van der Waals surface area (Å²) in [4.78, 5) is 66.0. The quantitative estimate of drug-likeness (QED) is 0.00764. The molecule has 5 unspecified atom stereocenters. The molecule has 0 aliphatic heterocycles. The van der Waals surface area contributed by atoms with Gasteiger partial charge in [0, 0.05) is 19.3 Å². The van der Waals surface area contributed by atoms with Crippen molar-refractivity contribution in [2.45, 2.75) is 179 Å². The standard InChI is InChI=1S/C49H78O17P2/c1-3-5-7-8-9-10-11-12-13-14-15-16-19-22-25-28-32-36-42(51)62-38-41(39-63-68(60,61)66-49-46(55)44(53)45(54)48(47(49)56)65-67(57,58)59)64-43(52)37-33-29-26-23-20-17-18-21-24-27-31-35-40(50)34-30-6-4-2/h9-10,12-13,15-18,22-27,31,35,41,44-49,53-56H,3-8,11,14,19-21,28-30,32-34,36-39H2,1-2H3,(H,60,61)(H2,57,58,59)/b10-9-,13-12-,16-15-,18-17-,25-22-,26-23-,27-24-,35-31+/t41-,44?,45?,46?,47?,48-,49+/m1/s1. The smallest absolute Gasteiger partial charge is 0.462 e. The average molecular weight is 1000 g/mol. The third-order valence-electron chi connectivity index (χ3n) is 10.1. The molecule has 0 bridgehead atoms. The highest BCUT2D eigenvalue weighted by Gasteiger charge is 2.54. The summed E-state index contributed by atoms with van der Waals surface area (Å²) >= 11 is 0. The number of allylic oxidation sites excluding steroid dienone is 16. The number of hydrogen-bond donors (Lipinski definition) is 7. The Morgan fingerprint density at radius 2 is 0.985 bits per heavy atom. The maximum absolute atomic E-state index is 13.0. The zero-order valence-electron chi connectivity index (χ0n) is 39.7. The van der Waals surface area contributed by atoms with Crippen LogP contribution in [0.1, 0.15) is 136 Å². The van der Waals surface area contributed by atoms with Crippen LogP contribution in [0.3, 0.4) is 0 Å². The third-order valence-corrected chi connectivity index (χ3v) is 11.6. The molecule has 1 saturated carbocycles. The average Bonchev–Trinajstić information content (AvgIpc) is 3.29. The molecule has 68 heavy (non-hydrogen) atoms. The lowest BCUT2D eigenvalue weighted by Crippen LogP contribution is -2.64. The number of esters is 2. The normalized spacial score (nSPS) is 22.0. The van der Waals surface area contributed by atoms with Gasteiger partial charge in [0.2, 0.25) is 0 Å². The maximum Gasteiger partial charge on any atom is 0.472 e. The highest BCUT2D eigenvalue weighted by atomic mass is 31.2. The Morgan fingerprint density at radius 3 is 1.51 bits per heavy atom. The zero-order chi connectivity index (χ0) is 50.5. The number of phosphoric acid groups is 2. The van der Waals surface area contributed by atoms with E-state index in [0.717, 1.165) is 44.9 Å². The van der Waals surface area contributed by atoms with E-state index >= 15 is 0 Å². The predicted molar refractivity (Wildman–Crippen MR) is 260 cm³/mol. The van der Waals surface area contributed by atoms with Crippen LogP contribution in [0.15, 0.2) is 97.2 Å². The number of phosphoric ester groups is 2. The third kappa shape index (κ3) is 32.4. The predicted octanol–water partition coefficient (Wildman–Crippen LogP) is 8.35. The molecular formula is C49H78O17P2. The Bertz CT molecular complexity index is 1750. The number of aliphatic hydroxyl groups is 4. The highest BCUT2D eigenvalue weighted by Crippen LogP contribution is 2.49. The van der Waals surface area contributed by atoms with Crippen LogP contribution in [-0.4, -0.2) is 109 Å². The van der Waals surface area contributed by atoms with Crippen molar-refractivity contribution >= 4 is 33.4 Å². The van der Waals surface area contributed by atoms with Crippen LogP contribution in [0.5, 0.6) is 0 Å². The number of ketones is 1. The topological polar surface area (TPSA) is 273 Å². The lowest BCUT2D eigenvalue weighted by molar-refractivity contribution is -0.216. The molecule has 17 nitrogen and oxygen atoms in total. The number of carbonyl (C=O) groups is 3. The van der Waals surface area contributed by atoms with E-state index < -0.39 is 83.5 Å². The largest absolute Gasteiger partial charge is 0.472 e. The van der Waals surface area contributed by atoms with Crippen LogP contribution in [0.2, 0.25) is 0 Å². The maximum atomic E-state index is 13.0. The zero-order valence-corrected chi connectivity index (χ0v) is 41.5. The van der Waals surface area contributed by atoms with Gasteiger partial charge in [0.25, 0.3) is 0 Å². The lowest BCUT2D eigenvalue weighted by atomic mass is 9.85. The summed E-state index contributed by atoms with van der Waals surface area (Å²) in [5.41, 5.74) is 0. The number of unbranched alkanes of at least 4 members (excludes halogenated alkanes) is 7. The van der Waals surface area contributed by atoms with Crippen molar-refractivity contribution in [3.8, 4) is 0 Å². The van der Waals surface area contributed by atoms with Crippen molar-refractivity contribution in [2.75, 3.05) is 13.2 Å². The fourth-order valence-corrected chi connectivity index (χ4v) is 7.92. The molecule has 7 N–H and O–H groups in total. The van der Waals surface area contributed by atoms with Crippen LogP contribution >= 0.6 is 15.6 Å². The summed E-state index contributed by atoms with van der Waals surface area (Å²) in [6.45, 7) is 2.81. The molecule has 0 radical (unpaired) electrons. The molecule has 1 rings (SSSR count).